The van der Waals surface area contributed by atoms with Gasteiger partial charge >= 0.3 is 6.18 Å². The smallest absolute Gasteiger partial charge is 0.391 e. The normalized spacial score (nSPS) is 12.1. The molecule has 35 heavy (non-hydrogen) atoms. The van der Waals surface area contributed by atoms with Gasteiger partial charge in [-0.15, -0.1) is 0 Å². The SMILES string of the molecule is CC(=NOCc1cccc(C(F)(F)F)c1)c1cc(-c2ccc(F)cc2)n(-c2cccc(C)c2)c1C. The van der Waals surface area contributed by atoms with E-state index in [-0.39, 0.29) is 12.4 Å². The first-order chi connectivity index (χ1) is 16.6. The van der Waals surface area contributed by atoms with Crippen molar-refractivity contribution in [2.24, 2.45) is 5.16 Å². The van der Waals surface area contributed by atoms with Crippen molar-refractivity contribution in [2.45, 2.75) is 33.6 Å². The van der Waals surface area contributed by atoms with Crippen LogP contribution in [-0.2, 0) is 17.6 Å². The number of aromatic nitrogens is 1. The maximum Gasteiger partial charge on any atom is 0.416 e. The van der Waals surface area contributed by atoms with Gasteiger partial charge in [-0.1, -0.05) is 29.4 Å². The Morgan fingerprint density at radius 2 is 1.63 bits per heavy atom. The van der Waals surface area contributed by atoms with Crippen LogP contribution >= 0.6 is 0 Å². The van der Waals surface area contributed by atoms with Crippen LogP contribution in [0.1, 0.15) is 34.9 Å². The van der Waals surface area contributed by atoms with Crippen molar-refractivity contribution < 1.29 is 22.4 Å². The summed E-state index contributed by atoms with van der Waals surface area (Å²) < 4.78 is 54.5. The Hall–Kier alpha value is -3.87. The maximum atomic E-state index is 13.6. The summed E-state index contributed by atoms with van der Waals surface area (Å²) in [6.07, 6.45) is -4.41. The molecule has 3 aromatic carbocycles. The van der Waals surface area contributed by atoms with Crippen molar-refractivity contribution in [3.8, 4) is 16.9 Å². The molecule has 0 saturated heterocycles. The van der Waals surface area contributed by atoms with Gasteiger partial charge in [-0.25, -0.2) is 4.39 Å². The molecule has 0 aliphatic heterocycles. The Morgan fingerprint density at radius 3 is 2.31 bits per heavy atom. The van der Waals surface area contributed by atoms with Crippen molar-refractivity contribution in [1.82, 2.24) is 4.57 Å². The van der Waals surface area contributed by atoms with E-state index < -0.39 is 11.7 Å². The van der Waals surface area contributed by atoms with E-state index in [1.807, 2.05) is 38.1 Å². The van der Waals surface area contributed by atoms with Crippen LogP contribution in [0.15, 0.2) is 84.0 Å². The molecule has 1 heterocycles. The van der Waals surface area contributed by atoms with Crippen LogP contribution in [0.4, 0.5) is 17.6 Å². The van der Waals surface area contributed by atoms with Crippen LogP contribution in [0.5, 0.6) is 0 Å². The van der Waals surface area contributed by atoms with Gasteiger partial charge in [0.05, 0.1) is 17.0 Å². The highest BCUT2D eigenvalue weighted by Gasteiger charge is 2.30. The molecule has 3 nitrogen and oxygen atoms in total. The van der Waals surface area contributed by atoms with Gasteiger partial charge in [-0.05, 0) is 92.1 Å². The number of benzene rings is 3. The fourth-order valence-corrected chi connectivity index (χ4v) is 4.00. The van der Waals surface area contributed by atoms with E-state index in [2.05, 4.69) is 15.8 Å². The van der Waals surface area contributed by atoms with Crippen LogP contribution in [0.2, 0.25) is 0 Å². The fourth-order valence-electron chi connectivity index (χ4n) is 4.00. The van der Waals surface area contributed by atoms with Gasteiger partial charge < -0.3 is 9.40 Å². The topological polar surface area (TPSA) is 26.5 Å². The fraction of sp³-hybridized carbons (Fsp3) is 0.179. The van der Waals surface area contributed by atoms with Crippen molar-refractivity contribution in [3.05, 3.63) is 113 Å². The highest BCUT2D eigenvalue weighted by molar-refractivity contribution is 6.01. The van der Waals surface area contributed by atoms with Gasteiger partial charge in [0.1, 0.15) is 12.4 Å². The van der Waals surface area contributed by atoms with Crippen LogP contribution in [0, 0.1) is 19.7 Å². The summed E-state index contributed by atoms with van der Waals surface area (Å²) in [5.74, 6) is -0.319. The lowest BCUT2D eigenvalue weighted by Gasteiger charge is -2.13. The summed E-state index contributed by atoms with van der Waals surface area (Å²) in [6, 6.07) is 21.2. The van der Waals surface area contributed by atoms with E-state index in [0.29, 0.717) is 11.3 Å². The van der Waals surface area contributed by atoms with Crippen LogP contribution < -0.4 is 0 Å². The third-order valence-corrected chi connectivity index (χ3v) is 5.72. The van der Waals surface area contributed by atoms with E-state index >= 15 is 0 Å². The lowest BCUT2D eigenvalue weighted by Crippen LogP contribution is -2.05. The molecule has 0 bridgehead atoms. The van der Waals surface area contributed by atoms with Gasteiger partial charge in [-0.3, -0.25) is 0 Å². The van der Waals surface area contributed by atoms with Crippen molar-refractivity contribution in [3.63, 3.8) is 0 Å². The van der Waals surface area contributed by atoms with Crippen LogP contribution in [0.25, 0.3) is 16.9 Å². The van der Waals surface area contributed by atoms with Gasteiger partial charge in [0.25, 0.3) is 0 Å². The minimum atomic E-state index is -4.41. The average Bonchev–Trinajstić information content (AvgIpc) is 3.16. The third-order valence-electron chi connectivity index (χ3n) is 5.72. The van der Waals surface area contributed by atoms with E-state index in [9.17, 15) is 17.6 Å². The van der Waals surface area contributed by atoms with E-state index in [1.54, 1.807) is 25.1 Å². The van der Waals surface area contributed by atoms with E-state index in [1.165, 1.54) is 18.2 Å². The molecule has 0 amide bonds. The third kappa shape index (κ3) is 5.45. The second-order valence-corrected chi connectivity index (χ2v) is 8.36. The molecule has 0 atom stereocenters. The molecule has 1 aromatic heterocycles. The molecule has 7 heteroatoms. The number of nitrogens with zero attached hydrogens (tertiary/aromatic N) is 2. The summed E-state index contributed by atoms with van der Waals surface area (Å²) in [6.45, 7) is 5.65. The predicted molar refractivity (Wildman–Crippen MR) is 129 cm³/mol. The predicted octanol–water partition coefficient (Wildman–Crippen LogP) is 7.86. The second kappa shape index (κ2) is 9.78. The number of halogens is 4. The highest BCUT2D eigenvalue weighted by Crippen LogP contribution is 2.31. The molecule has 0 aliphatic carbocycles. The summed E-state index contributed by atoms with van der Waals surface area (Å²) in [5.41, 5.74) is 5.67. The maximum absolute atomic E-state index is 13.6. The quantitative estimate of drug-likeness (QED) is 0.157. The molecule has 4 aromatic rings. The Balaban J connectivity index is 1.67. The minimum Gasteiger partial charge on any atom is -0.391 e. The van der Waals surface area contributed by atoms with Crippen molar-refractivity contribution in [2.75, 3.05) is 0 Å². The molecular weight excluding hydrogens is 456 g/mol. The Morgan fingerprint density at radius 1 is 0.914 bits per heavy atom. The lowest BCUT2D eigenvalue weighted by atomic mass is 10.1. The molecule has 0 fully saturated rings. The van der Waals surface area contributed by atoms with Gasteiger partial charge in [-0.2, -0.15) is 13.2 Å². The Bertz CT molecular complexity index is 1370. The molecule has 180 valence electrons. The number of alkyl halides is 3. The lowest BCUT2D eigenvalue weighted by molar-refractivity contribution is -0.137. The summed E-state index contributed by atoms with van der Waals surface area (Å²) >= 11 is 0. The molecule has 0 spiro atoms. The molecule has 4 rings (SSSR count). The monoisotopic (exact) mass is 480 g/mol. The first-order valence-electron chi connectivity index (χ1n) is 11.0. The van der Waals surface area contributed by atoms with Gasteiger partial charge in [0, 0.05) is 16.9 Å². The zero-order valence-electron chi connectivity index (χ0n) is 19.5. The van der Waals surface area contributed by atoms with Crippen molar-refractivity contribution >= 4 is 5.71 Å². The Labute approximate surface area is 201 Å². The number of rotatable bonds is 6. The number of hydrogen-bond donors (Lipinski definition) is 0. The van der Waals surface area contributed by atoms with Gasteiger partial charge in [0.2, 0.25) is 0 Å². The first kappa shape index (κ1) is 24.3. The van der Waals surface area contributed by atoms with Crippen LogP contribution in [-0.4, -0.2) is 10.3 Å². The van der Waals surface area contributed by atoms with Gasteiger partial charge in [0.15, 0.2) is 0 Å². The average molecular weight is 481 g/mol. The summed E-state index contributed by atoms with van der Waals surface area (Å²) in [7, 11) is 0. The zero-order chi connectivity index (χ0) is 25.2. The molecular formula is C28H24F4N2O. The number of hydrogen-bond acceptors (Lipinski definition) is 2. The van der Waals surface area contributed by atoms with Crippen molar-refractivity contribution in [1.29, 1.82) is 0 Å². The first-order valence-corrected chi connectivity index (χ1v) is 11.0. The summed E-state index contributed by atoms with van der Waals surface area (Å²) in [4.78, 5) is 5.42. The molecule has 0 saturated carbocycles. The standard InChI is InChI=1S/C28H24F4N2O/c1-18-6-4-9-25(14-18)34-20(3)26(16-27(34)22-10-12-24(29)13-11-22)19(2)33-35-17-21-7-5-8-23(15-21)28(30,31)32/h4-16H,17H2,1-3H3. The Kier molecular flexibility index (Phi) is 6.78. The number of aryl methyl sites for hydroxylation is 1. The van der Waals surface area contributed by atoms with E-state index in [0.717, 1.165) is 45.9 Å². The number of oxime groups is 1. The summed E-state index contributed by atoms with van der Waals surface area (Å²) in [5, 5.41) is 4.18. The molecule has 0 unspecified atom stereocenters. The zero-order valence-corrected chi connectivity index (χ0v) is 19.5. The largest absolute Gasteiger partial charge is 0.416 e. The molecule has 0 aliphatic rings. The van der Waals surface area contributed by atoms with E-state index in [4.69, 9.17) is 4.84 Å². The second-order valence-electron chi connectivity index (χ2n) is 8.36. The molecule has 0 N–H and O–H groups in total. The molecule has 0 radical (unpaired) electrons. The minimum absolute atomic E-state index is 0.0935. The highest BCUT2D eigenvalue weighted by atomic mass is 19.4. The van der Waals surface area contributed by atoms with Crippen LogP contribution in [0.3, 0.4) is 0 Å².